The van der Waals surface area contributed by atoms with Gasteiger partial charge >= 0.3 is 0 Å². The first-order valence-corrected chi connectivity index (χ1v) is 12.0. The first-order valence-electron chi connectivity index (χ1n) is 12.0. The Labute approximate surface area is 201 Å². The zero-order chi connectivity index (χ0) is 23.8. The van der Waals surface area contributed by atoms with Crippen LogP contribution in [0.2, 0.25) is 0 Å². The van der Waals surface area contributed by atoms with Gasteiger partial charge in [-0.1, -0.05) is 42.0 Å². The topological polar surface area (TPSA) is 47.4 Å². The molecule has 2 heterocycles. The van der Waals surface area contributed by atoms with Crippen molar-refractivity contribution in [1.29, 1.82) is 0 Å². The van der Waals surface area contributed by atoms with Crippen molar-refractivity contribution in [3.63, 3.8) is 0 Å². The molecular weight excluding hydrogens is 422 g/mol. The molecule has 34 heavy (non-hydrogen) atoms. The normalized spacial score (nSPS) is 15.9. The summed E-state index contributed by atoms with van der Waals surface area (Å²) in [5.41, 5.74) is 8.09. The molecule has 1 amide bonds. The average molecular weight is 454 g/mol. The van der Waals surface area contributed by atoms with Gasteiger partial charge in [0.05, 0.1) is 23.3 Å². The summed E-state index contributed by atoms with van der Waals surface area (Å²) in [6, 6.07) is 20.5. The predicted molar refractivity (Wildman–Crippen MR) is 137 cm³/mol. The number of fused-ring (bicyclic) bond motifs is 1. The molecule has 0 radical (unpaired) electrons. The van der Waals surface area contributed by atoms with E-state index in [1.807, 2.05) is 42.2 Å². The maximum atomic E-state index is 13.2. The fourth-order valence-corrected chi connectivity index (χ4v) is 5.26. The lowest BCUT2D eigenvalue weighted by Gasteiger charge is -2.21. The van der Waals surface area contributed by atoms with Crippen molar-refractivity contribution in [2.24, 2.45) is 0 Å². The van der Waals surface area contributed by atoms with Crippen LogP contribution in [0.1, 0.15) is 47.3 Å². The van der Waals surface area contributed by atoms with Crippen LogP contribution in [0.5, 0.6) is 5.75 Å². The van der Waals surface area contributed by atoms with Gasteiger partial charge in [0.25, 0.3) is 0 Å². The van der Waals surface area contributed by atoms with Crippen molar-refractivity contribution < 1.29 is 9.53 Å². The van der Waals surface area contributed by atoms with Crippen LogP contribution in [0.25, 0.3) is 11.0 Å². The molecule has 0 aliphatic carbocycles. The number of para-hydroxylation sites is 4. The Hall–Kier alpha value is -3.60. The van der Waals surface area contributed by atoms with Gasteiger partial charge in [-0.25, -0.2) is 4.98 Å². The summed E-state index contributed by atoms with van der Waals surface area (Å²) in [7, 11) is 0. The van der Waals surface area contributed by atoms with Gasteiger partial charge in [0, 0.05) is 25.4 Å². The maximum absolute atomic E-state index is 13.2. The largest absolute Gasteiger partial charge is 0.492 e. The summed E-state index contributed by atoms with van der Waals surface area (Å²) in [6.45, 7) is 10.4. The van der Waals surface area contributed by atoms with Crippen LogP contribution >= 0.6 is 0 Å². The van der Waals surface area contributed by atoms with E-state index in [0.29, 0.717) is 19.6 Å². The van der Waals surface area contributed by atoms with Crippen LogP contribution in [0, 0.1) is 20.8 Å². The molecule has 3 aromatic carbocycles. The van der Waals surface area contributed by atoms with Gasteiger partial charge in [-0.15, -0.1) is 0 Å². The van der Waals surface area contributed by atoms with Crippen LogP contribution in [0.15, 0.2) is 60.7 Å². The third kappa shape index (κ3) is 3.96. The Kier molecular flexibility index (Phi) is 5.86. The number of amides is 1. The number of carbonyl (C=O) groups is 1. The smallest absolute Gasteiger partial charge is 0.227 e. The monoisotopic (exact) mass is 453 g/mol. The third-order valence-corrected chi connectivity index (χ3v) is 6.79. The lowest BCUT2D eigenvalue weighted by molar-refractivity contribution is -0.117. The summed E-state index contributed by atoms with van der Waals surface area (Å²) >= 11 is 0. The van der Waals surface area contributed by atoms with Crippen molar-refractivity contribution in [1.82, 2.24) is 9.55 Å². The molecule has 5 rings (SSSR count). The quantitative estimate of drug-likeness (QED) is 0.364. The van der Waals surface area contributed by atoms with E-state index in [0.717, 1.165) is 34.8 Å². The zero-order valence-corrected chi connectivity index (χ0v) is 20.3. The molecule has 174 valence electrons. The SMILES string of the molecule is CCOc1ccccc1N1C[C@H](c2nc3ccccc3n2Cc2c(C)cc(C)cc2C)CC1=O. The summed E-state index contributed by atoms with van der Waals surface area (Å²) in [4.78, 5) is 20.1. The molecule has 1 aromatic heterocycles. The third-order valence-electron chi connectivity index (χ3n) is 6.79. The summed E-state index contributed by atoms with van der Waals surface area (Å²) < 4.78 is 8.13. The van der Waals surface area contributed by atoms with E-state index in [-0.39, 0.29) is 11.8 Å². The second kappa shape index (κ2) is 8.98. The summed E-state index contributed by atoms with van der Waals surface area (Å²) in [5, 5.41) is 0. The number of benzene rings is 3. The number of ether oxygens (including phenoxy) is 1. The Morgan fingerprint density at radius 3 is 2.47 bits per heavy atom. The number of anilines is 1. The highest BCUT2D eigenvalue weighted by atomic mass is 16.5. The lowest BCUT2D eigenvalue weighted by atomic mass is 9.99. The molecule has 1 aliphatic rings. The molecule has 0 saturated carbocycles. The number of hydrogen-bond acceptors (Lipinski definition) is 3. The minimum Gasteiger partial charge on any atom is -0.492 e. The Bertz CT molecular complexity index is 1350. The molecular formula is C29H31N3O2. The van der Waals surface area contributed by atoms with Crippen LogP contribution in [0.4, 0.5) is 5.69 Å². The Morgan fingerprint density at radius 1 is 1.00 bits per heavy atom. The number of imidazole rings is 1. The highest BCUT2D eigenvalue weighted by Crippen LogP contribution is 2.37. The van der Waals surface area contributed by atoms with Crippen LogP contribution < -0.4 is 9.64 Å². The van der Waals surface area contributed by atoms with Crippen LogP contribution in [-0.4, -0.2) is 28.6 Å². The highest BCUT2D eigenvalue weighted by molar-refractivity contribution is 5.98. The van der Waals surface area contributed by atoms with Crippen molar-refractivity contribution in [3.05, 3.63) is 88.7 Å². The van der Waals surface area contributed by atoms with Crippen molar-refractivity contribution >= 4 is 22.6 Å². The van der Waals surface area contributed by atoms with Gasteiger partial charge in [0.1, 0.15) is 11.6 Å². The summed E-state index contributed by atoms with van der Waals surface area (Å²) in [6.07, 6.45) is 0.440. The number of carbonyl (C=O) groups excluding carboxylic acids is 1. The van der Waals surface area contributed by atoms with E-state index in [9.17, 15) is 4.79 Å². The molecule has 0 N–H and O–H groups in total. The van der Waals surface area contributed by atoms with Crippen LogP contribution in [0.3, 0.4) is 0 Å². The fraction of sp³-hybridized carbons (Fsp3) is 0.310. The van der Waals surface area contributed by atoms with E-state index >= 15 is 0 Å². The van der Waals surface area contributed by atoms with Gasteiger partial charge in [-0.05, 0) is 68.7 Å². The number of nitrogens with zero attached hydrogens (tertiary/aromatic N) is 3. The molecule has 5 nitrogen and oxygen atoms in total. The number of rotatable bonds is 6. The molecule has 0 bridgehead atoms. The number of aromatic nitrogens is 2. The fourth-order valence-electron chi connectivity index (χ4n) is 5.26. The van der Waals surface area contributed by atoms with E-state index in [4.69, 9.17) is 9.72 Å². The number of aryl methyl sites for hydroxylation is 3. The molecule has 5 heteroatoms. The molecule has 4 aromatic rings. The molecule has 1 saturated heterocycles. The Balaban J connectivity index is 1.55. The van der Waals surface area contributed by atoms with Gasteiger partial charge in [0.15, 0.2) is 0 Å². The predicted octanol–water partition coefficient (Wildman–Crippen LogP) is 5.93. The summed E-state index contributed by atoms with van der Waals surface area (Å²) in [5.74, 6) is 1.85. The highest BCUT2D eigenvalue weighted by Gasteiger charge is 2.36. The Morgan fingerprint density at radius 2 is 1.71 bits per heavy atom. The van der Waals surface area contributed by atoms with Gasteiger partial charge in [0.2, 0.25) is 5.91 Å². The standard InChI is InChI=1S/C29H31N3O2/c1-5-34-27-13-9-8-12-26(27)31-17-22(16-28(31)33)29-30-24-10-6-7-11-25(24)32(29)18-23-20(3)14-19(2)15-21(23)4/h6-15,22H,5,16-18H2,1-4H3/t22-/m1/s1. The molecule has 0 unspecified atom stereocenters. The number of hydrogen-bond donors (Lipinski definition) is 0. The first-order chi connectivity index (χ1) is 16.5. The van der Waals surface area contributed by atoms with Gasteiger partial charge in [-0.2, -0.15) is 0 Å². The molecule has 1 fully saturated rings. The minimum absolute atomic E-state index is 0.0145. The molecule has 1 atom stereocenters. The zero-order valence-electron chi connectivity index (χ0n) is 20.3. The maximum Gasteiger partial charge on any atom is 0.227 e. The second-order valence-electron chi connectivity index (χ2n) is 9.23. The van der Waals surface area contributed by atoms with E-state index in [1.165, 1.54) is 22.3 Å². The van der Waals surface area contributed by atoms with E-state index in [1.54, 1.807) is 0 Å². The van der Waals surface area contributed by atoms with Crippen molar-refractivity contribution in [3.8, 4) is 5.75 Å². The van der Waals surface area contributed by atoms with Crippen molar-refractivity contribution in [2.45, 2.75) is 46.6 Å². The molecule has 0 spiro atoms. The minimum atomic E-state index is 0.0145. The second-order valence-corrected chi connectivity index (χ2v) is 9.23. The van der Waals surface area contributed by atoms with Crippen molar-refractivity contribution in [2.75, 3.05) is 18.1 Å². The first kappa shape index (κ1) is 22.2. The van der Waals surface area contributed by atoms with E-state index < -0.39 is 0 Å². The lowest BCUT2D eigenvalue weighted by Crippen LogP contribution is -2.25. The van der Waals surface area contributed by atoms with Gasteiger partial charge in [-0.3, -0.25) is 4.79 Å². The van der Waals surface area contributed by atoms with Gasteiger partial charge < -0.3 is 14.2 Å². The molecule has 1 aliphatic heterocycles. The average Bonchev–Trinajstić information content (AvgIpc) is 3.37. The van der Waals surface area contributed by atoms with E-state index in [2.05, 4.69) is 55.7 Å². The van der Waals surface area contributed by atoms with Crippen LogP contribution in [-0.2, 0) is 11.3 Å².